The molecule has 0 fully saturated rings. The molecular formula is C18H15N5O2S2. The van der Waals surface area contributed by atoms with Crippen LogP contribution in [0.3, 0.4) is 0 Å². The summed E-state index contributed by atoms with van der Waals surface area (Å²) in [6, 6.07) is 5.82. The Morgan fingerprint density at radius 3 is 2.74 bits per heavy atom. The molecule has 0 aliphatic carbocycles. The summed E-state index contributed by atoms with van der Waals surface area (Å²) >= 11 is 1.21. The highest BCUT2D eigenvalue weighted by Crippen LogP contribution is 2.41. The van der Waals surface area contributed by atoms with Crippen LogP contribution in [0.25, 0.3) is 32.6 Å². The maximum absolute atomic E-state index is 12.4. The fraction of sp³-hybridized carbons (Fsp3) is 0.222. The Balaban J connectivity index is 2.05. The summed E-state index contributed by atoms with van der Waals surface area (Å²) in [6.45, 7) is 3.20. The number of H-pyrrole nitrogens is 1. The minimum absolute atomic E-state index is 0.341. The van der Waals surface area contributed by atoms with Crippen molar-refractivity contribution in [2.45, 2.75) is 18.6 Å². The monoisotopic (exact) mass is 397 g/mol. The number of nitriles is 1. The molecule has 0 unspecified atom stereocenters. The second-order valence-electron chi connectivity index (χ2n) is 6.71. The first-order valence-corrected chi connectivity index (χ1v) is 10.8. The van der Waals surface area contributed by atoms with E-state index in [2.05, 4.69) is 26.0 Å². The van der Waals surface area contributed by atoms with E-state index in [4.69, 9.17) is 0 Å². The number of pyridine rings is 1. The number of hydrogen-bond donors (Lipinski definition) is 1. The van der Waals surface area contributed by atoms with Gasteiger partial charge in [-0.1, -0.05) is 0 Å². The van der Waals surface area contributed by atoms with Crippen molar-refractivity contribution in [3.8, 4) is 17.5 Å². The van der Waals surface area contributed by atoms with E-state index >= 15 is 0 Å². The van der Waals surface area contributed by atoms with Gasteiger partial charge in [0, 0.05) is 41.4 Å². The van der Waals surface area contributed by atoms with E-state index in [0.29, 0.717) is 26.5 Å². The van der Waals surface area contributed by atoms with Gasteiger partial charge in [0.15, 0.2) is 15.7 Å². The van der Waals surface area contributed by atoms with E-state index in [1.165, 1.54) is 17.6 Å². The Morgan fingerprint density at radius 2 is 2.04 bits per heavy atom. The van der Waals surface area contributed by atoms with Crippen molar-refractivity contribution in [3.63, 3.8) is 0 Å². The lowest BCUT2D eigenvalue weighted by atomic mass is 10.0. The molecule has 4 rings (SSSR count). The van der Waals surface area contributed by atoms with Crippen LogP contribution in [0.2, 0.25) is 0 Å². The molecule has 0 aromatic carbocycles. The van der Waals surface area contributed by atoms with Crippen molar-refractivity contribution < 1.29 is 8.42 Å². The van der Waals surface area contributed by atoms with Gasteiger partial charge < -0.3 is 4.98 Å². The molecule has 0 bridgehead atoms. The standard InChI is InChI=1S/C18H15N5O2S2/c1-18(2,27(3,24)25)14-12(8-19)26-13-9-22-17(23-15(13)14)11-5-7-21-16-10(11)4-6-20-16/h4-7,9H,1-3H3,(H,20,21). The summed E-state index contributed by atoms with van der Waals surface area (Å²) in [5, 5.41) is 10.4. The number of thiophene rings is 1. The Morgan fingerprint density at radius 1 is 1.26 bits per heavy atom. The highest BCUT2D eigenvalue weighted by Gasteiger charge is 2.38. The van der Waals surface area contributed by atoms with Gasteiger partial charge >= 0.3 is 0 Å². The van der Waals surface area contributed by atoms with Gasteiger partial charge in [0.1, 0.15) is 16.6 Å². The minimum atomic E-state index is -3.47. The first-order valence-electron chi connectivity index (χ1n) is 8.06. The minimum Gasteiger partial charge on any atom is -0.346 e. The van der Waals surface area contributed by atoms with Crippen LogP contribution >= 0.6 is 11.3 Å². The molecule has 0 amide bonds. The van der Waals surface area contributed by atoms with Gasteiger partial charge in [-0.2, -0.15) is 5.26 Å². The second kappa shape index (κ2) is 5.84. The Labute approximate surface area is 159 Å². The van der Waals surface area contributed by atoms with Crippen LogP contribution in [0.1, 0.15) is 24.3 Å². The van der Waals surface area contributed by atoms with Crippen molar-refractivity contribution in [2.24, 2.45) is 0 Å². The number of rotatable bonds is 3. The molecular weight excluding hydrogens is 382 g/mol. The van der Waals surface area contributed by atoms with E-state index < -0.39 is 14.6 Å². The molecule has 0 aliphatic rings. The molecule has 136 valence electrons. The summed E-state index contributed by atoms with van der Waals surface area (Å²) in [7, 11) is -3.47. The lowest BCUT2D eigenvalue weighted by Crippen LogP contribution is -2.28. The van der Waals surface area contributed by atoms with Gasteiger partial charge in [0.05, 0.1) is 15.0 Å². The van der Waals surface area contributed by atoms with Crippen LogP contribution in [-0.4, -0.2) is 34.6 Å². The summed E-state index contributed by atoms with van der Waals surface area (Å²) < 4.78 is 24.2. The summed E-state index contributed by atoms with van der Waals surface area (Å²) in [5.41, 5.74) is 2.43. The third-order valence-electron chi connectivity index (χ3n) is 4.76. The SMILES string of the molecule is CC(C)(c1c(C#N)sc2cnc(-c3ccnc4[nH]ccc34)nc12)S(C)(=O)=O. The molecule has 27 heavy (non-hydrogen) atoms. The van der Waals surface area contributed by atoms with Crippen LogP contribution in [-0.2, 0) is 14.6 Å². The van der Waals surface area contributed by atoms with Crippen molar-refractivity contribution >= 4 is 42.4 Å². The fourth-order valence-electron chi connectivity index (χ4n) is 3.00. The number of nitrogens with zero attached hydrogens (tertiary/aromatic N) is 4. The van der Waals surface area contributed by atoms with Crippen LogP contribution < -0.4 is 0 Å². The van der Waals surface area contributed by atoms with Crippen molar-refractivity contribution in [1.82, 2.24) is 19.9 Å². The maximum Gasteiger partial charge on any atom is 0.160 e. The Kier molecular flexibility index (Phi) is 3.80. The first kappa shape index (κ1) is 17.6. The van der Waals surface area contributed by atoms with Crippen LogP contribution in [0.15, 0.2) is 30.7 Å². The lowest BCUT2D eigenvalue weighted by molar-refractivity contribution is 0.562. The quantitative estimate of drug-likeness (QED) is 0.567. The Hall–Kier alpha value is -2.83. The predicted octanol–water partition coefficient (Wildman–Crippen LogP) is 3.39. The molecule has 0 saturated heterocycles. The fourth-order valence-corrected chi connectivity index (χ4v) is 4.70. The third-order valence-corrected chi connectivity index (χ3v) is 7.84. The number of nitrogens with one attached hydrogen (secondary N) is 1. The van der Waals surface area contributed by atoms with Crippen molar-refractivity contribution in [2.75, 3.05) is 6.26 Å². The molecule has 4 heterocycles. The van der Waals surface area contributed by atoms with Gasteiger partial charge in [-0.15, -0.1) is 11.3 Å². The molecule has 0 saturated carbocycles. The van der Waals surface area contributed by atoms with Crippen LogP contribution in [0.4, 0.5) is 0 Å². The molecule has 4 aromatic heterocycles. The highest BCUT2D eigenvalue weighted by atomic mass is 32.2. The normalized spacial score (nSPS) is 12.5. The molecule has 1 N–H and O–H groups in total. The zero-order valence-corrected chi connectivity index (χ0v) is 16.4. The average Bonchev–Trinajstić information content (AvgIpc) is 3.23. The number of hydrogen-bond acceptors (Lipinski definition) is 7. The summed E-state index contributed by atoms with van der Waals surface area (Å²) in [5.74, 6) is 0.461. The lowest BCUT2D eigenvalue weighted by Gasteiger charge is -2.22. The number of aromatic amines is 1. The van der Waals surface area contributed by atoms with Crippen LogP contribution in [0, 0.1) is 11.3 Å². The van der Waals surface area contributed by atoms with E-state index in [9.17, 15) is 13.7 Å². The molecule has 9 heteroatoms. The zero-order chi connectivity index (χ0) is 19.4. The number of sulfone groups is 1. The molecule has 0 atom stereocenters. The van der Waals surface area contributed by atoms with E-state index in [0.717, 1.165) is 16.6 Å². The van der Waals surface area contributed by atoms with Crippen molar-refractivity contribution in [1.29, 1.82) is 5.26 Å². The van der Waals surface area contributed by atoms with Crippen molar-refractivity contribution in [3.05, 3.63) is 41.2 Å². The largest absolute Gasteiger partial charge is 0.346 e. The molecule has 0 aliphatic heterocycles. The molecule has 0 radical (unpaired) electrons. The molecule has 0 spiro atoms. The van der Waals surface area contributed by atoms with E-state index in [1.54, 1.807) is 32.4 Å². The zero-order valence-electron chi connectivity index (χ0n) is 14.8. The third kappa shape index (κ3) is 2.60. The second-order valence-corrected chi connectivity index (χ2v) is 10.3. The first-order chi connectivity index (χ1) is 12.7. The van der Waals surface area contributed by atoms with Crippen LogP contribution in [0.5, 0.6) is 0 Å². The van der Waals surface area contributed by atoms with Gasteiger partial charge in [-0.25, -0.2) is 23.4 Å². The van der Waals surface area contributed by atoms with Gasteiger partial charge in [-0.05, 0) is 26.0 Å². The number of fused-ring (bicyclic) bond motifs is 2. The van der Waals surface area contributed by atoms with Gasteiger partial charge in [0.2, 0.25) is 0 Å². The Bertz CT molecular complexity index is 1340. The van der Waals surface area contributed by atoms with E-state index in [1.807, 2.05) is 12.1 Å². The van der Waals surface area contributed by atoms with E-state index in [-0.39, 0.29) is 0 Å². The molecule has 7 nitrogen and oxygen atoms in total. The number of aromatic nitrogens is 4. The summed E-state index contributed by atoms with van der Waals surface area (Å²) in [4.78, 5) is 16.8. The van der Waals surface area contributed by atoms with Gasteiger partial charge in [-0.3, -0.25) is 0 Å². The summed E-state index contributed by atoms with van der Waals surface area (Å²) in [6.07, 6.45) is 6.27. The maximum atomic E-state index is 12.4. The highest BCUT2D eigenvalue weighted by molar-refractivity contribution is 7.91. The van der Waals surface area contributed by atoms with Gasteiger partial charge in [0.25, 0.3) is 0 Å². The predicted molar refractivity (Wildman–Crippen MR) is 105 cm³/mol. The molecule has 4 aromatic rings. The smallest absolute Gasteiger partial charge is 0.160 e. The average molecular weight is 397 g/mol. The topological polar surface area (TPSA) is 112 Å².